The number of hydrogen-bond acceptors (Lipinski definition) is 5. The van der Waals surface area contributed by atoms with E-state index in [0.29, 0.717) is 0 Å². The second kappa shape index (κ2) is 9.79. The first kappa shape index (κ1) is 25.5. The summed E-state index contributed by atoms with van der Waals surface area (Å²) in [5.41, 5.74) is -0.156. The summed E-state index contributed by atoms with van der Waals surface area (Å²) < 4.78 is 71.9. The van der Waals surface area contributed by atoms with E-state index in [0.717, 1.165) is 23.3 Å². The molecule has 2 aliphatic heterocycles. The Morgan fingerprint density at radius 1 is 1.17 bits per heavy atom. The van der Waals surface area contributed by atoms with Crippen molar-refractivity contribution in [2.24, 2.45) is 5.92 Å². The van der Waals surface area contributed by atoms with Crippen LogP contribution in [-0.4, -0.2) is 63.4 Å². The molecule has 0 radical (unpaired) electrons. The van der Waals surface area contributed by atoms with Gasteiger partial charge in [-0.15, -0.1) is 0 Å². The molecule has 0 aromatic heterocycles. The Balaban J connectivity index is 1.60. The lowest BCUT2D eigenvalue weighted by atomic mass is 9.90. The van der Waals surface area contributed by atoms with Crippen molar-refractivity contribution in [2.45, 2.75) is 29.6 Å². The summed E-state index contributed by atoms with van der Waals surface area (Å²) in [6.07, 6.45) is -0.805. The Labute approximate surface area is 205 Å². The molecule has 7 nitrogen and oxygen atoms in total. The number of sulfone groups is 1. The number of alkyl halides is 1. The van der Waals surface area contributed by atoms with Crippen LogP contribution in [0, 0.1) is 17.6 Å². The van der Waals surface area contributed by atoms with Gasteiger partial charge in [-0.3, -0.25) is 9.59 Å². The van der Waals surface area contributed by atoms with Crippen molar-refractivity contribution in [3.63, 3.8) is 0 Å². The maximum atomic E-state index is 14.6. The third kappa shape index (κ3) is 5.31. The summed E-state index contributed by atoms with van der Waals surface area (Å²) in [5.74, 6) is -3.52. The molecule has 35 heavy (non-hydrogen) atoms. The number of carbonyl (C=O) groups excluding carboxylic acids is 2. The number of ether oxygens (including phenoxy) is 1. The smallest absolute Gasteiger partial charge is 0.254 e. The highest BCUT2D eigenvalue weighted by atomic mass is 35.5. The molecule has 2 heterocycles. The van der Waals surface area contributed by atoms with Gasteiger partial charge in [0.05, 0.1) is 35.7 Å². The molecule has 1 N–H and O–H groups in total. The molecule has 2 fully saturated rings. The molecule has 1 unspecified atom stereocenters. The molecule has 0 saturated carbocycles. The molecule has 0 aliphatic carbocycles. The Kier molecular flexibility index (Phi) is 7.12. The van der Waals surface area contributed by atoms with Gasteiger partial charge in [-0.25, -0.2) is 21.6 Å². The van der Waals surface area contributed by atoms with Crippen LogP contribution in [0.5, 0.6) is 0 Å². The van der Waals surface area contributed by atoms with Crippen molar-refractivity contribution >= 4 is 33.3 Å². The number of hydrogen-bond donors (Lipinski definition) is 1. The largest absolute Gasteiger partial charge is 0.381 e. The number of nitrogens with one attached hydrogen (secondary N) is 1. The van der Waals surface area contributed by atoms with E-state index in [1.807, 2.05) is 0 Å². The average molecular weight is 531 g/mol. The van der Waals surface area contributed by atoms with E-state index in [1.165, 1.54) is 24.3 Å². The summed E-state index contributed by atoms with van der Waals surface area (Å²) in [4.78, 5) is 27.3. The van der Waals surface area contributed by atoms with Crippen LogP contribution < -0.4 is 5.32 Å². The van der Waals surface area contributed by atoms with Gasteiger partial charge in [0.2, 0.25) is 5.91 Å². The van der Waals surface area contributed by atoms with E-state index >= 15 is 0 Å². The first-order chi connectivity index (χ1) is 16.5. The van der Waals surface area contributed by atoms with Gasteiger partial charge in [-0.2, -0.15) is 0 Å². The molecule has 2 amide bonds. The fraction of sp³-hybridized carbons (Fsp3) is 0.391. The molecule has 2 aliphatic rings. The maximum Gasteiger partial charge on any atom is 0.254 e. The SMILES string of the molecule is CS(=O)(=O)c1cccc(C(=O)N2C[C@@H](F)C[C@@H]2C(=O)NC(c2cc(F)c(Cl)cc2F)C2COC2)c1. The monoisotopic (exact) mass is 530 g/mol. The van der Waals surface area contributed by atoms with Crippen molar-refractivity contribution in [3.8, 4) is 0 Å². The zero-order chi connectivity index (χ0) is 25.5. The van der Waals surface area contributed by atoms with Crippen LogP contribution in [0.15, 0.2) is 41.3 Å². The number of amides is 2. The Hall–Kier alpha value is -2.63. The maximum absolute atomic E-state index is 14.6. The number of carbonyl (C=O) groups is 2. The molecule has 2 aromatic rings. The second-order valence-corrected chi connectivity index (χ2v) is 11.1. The van der Waals surface area contributed by atoms with Crippen LogP contribution in [0.3, 0.4) is 0 Å². The van der Waals surface area contributed by atoms with Crippen LogP contribution in [-0.2, 0) is 19.4 Å². The van der Waals surface area contributed by atoms with Crippen molar-refractivity contribution < 1.29 is 35.9 Å². The molecule has 188 valence electrons. The number of halogens is 4. The summed E-state index contributed by atoms with van der Waals surface area (Å²) in [5, 5.41) is 2.22. The van der Waals surface area contributed by atoms with Gasteiger partial charge < -0.3 is 15.0 Å². The summed E-state index contributed by atoms with van der Waals surface area (Å²) in [6.45, 7) is -0.000902. The highest BCUT2D eigenvalue weighted by molar-refractivity contribution is 7.90. The minimum Gasteiger partial charge on any atom is -0.381 e. The average Bonchev–Trinajstić information content (AvgIpc) is 3.15. The van der Waals surface area contributed by atoms with Crippen LogP contribution in [0.4, 0.5) is 13.2 Å². The van der Waals surface area contributed by atoms with Gasteiger partial charge in [-0.1, -0.05) is 17.7 Å². The molecular formula is C23H22ClF3N2O5S. The van der Waals surface area contributed by atoms with Gasteiger partial charge in [0.15, 0.2) is 9.84 Å². The van der Waals surface area contributed by atoms with E-state index in [1.54, 1.807) is 0 Å². The van der Waals surface area contributed by atoms with Crippen molar-refractivity contribution in [1.29, 1.82) is 0 Å². The lowest BCUT2D eigenvalue weighted by molar-refractivity contribution is -0.128. The predicted molar refractivity (Wildman–Crippen MR) is 120 cm³/mol. The zero-order valence-electron chi connectivity index (χ0n) is 18.5. The van der Waals surface area contributed by atoms with Crippen LogP contribution >= 0.6 is 11.6 Å². The first-order valence-corrected chi connectivity index (χ1v) is 13.0. The van der Waals surface area contributed by atoms with Crippen LogP contribution in [0.1, 0.15) is 28.4 Å². The quantitative estimate of drug-likeness (QED) is 0.580. The molecule has 4 rings (SSSR count). The predicted octanol–water partition coefficient (Wildman–Crippen LogP) is 3.08. The Morgan fingerprint density at radius 2 is 1.89 bits per heavy atom. The second-order valence-electron chi connectivity index (χ2n) is 8.68. The van der Waals surface area contributed by atoms with E-state index in [2.05, 4.69) is 5.32 Å². The minimum atomic E-state index is -3.60. The van der Waals surface area contributed by atoms with Crippen molar-refractivity contribution in [1.82, 2.24) is 10.2 Å². The Bertz CT molecular complexity index is 1270. The standard InChI is InChI=1S/C23H22ClF3N2O5S/c1-35(32,33)15-4-2-3-12(5-15)23(31)29-9-14(25)6-20(29)22(30)28-21(13-10-34-11-13)16-7-19(27)17(24)8-18(16)26/h2-5,7-8,13-14,20-21H,6,9-11H2,1H3,(H,28,30)/t14-,20+,21?/m0/s1. The first-order valence-electron chi connectivity index (χ1n) is 10.7. The van der Waals surface area contributed by atoms with E-state index in [9.17, 15) is 31.2 Å². The zero-order valence-corrected chi connectivity index (χ0v) is 20.1. The van der Waals surface area contributed by atoms with E-state index in [-0.39, 0.29) is 48.1 Å². The molecular weight excluding hydrogens is 509 g/mol. The minimum absolute atomic E-state index is 0.0189. The highest BCUT2D eigenvalue weighted by Gasteiger charge is 2.42. The summed E-state index contributed by atoms with van der Waals surface area (Å²) in [6, 6.07) is 4.72. The van der Waals surface area contributed by atoms with Gasteiger partial charge >= 0.3 is 0 Å². The summed E-state index contributed by atoms with van der Waals surface area (Å²) >= 11 is 5.64. The molecule has 2 aromatic carbocycles. The highest BCUT2D eigenvalue weighted by Crippen LogP contribution is 2.33. The van der Waals surface area contributed by atoms with Crippen molar-refractivity contribution in [2.75, 3.05) is 26.0 Å². The number of rotatable bonds is 6. The van der Waals surface area contributed by atoms with Gasteiger partial charge in [0.25, 0.3) is 5.91 Å². The molecule has 3 atom stereocenters. The number of nitrogens with zero attached hydrogens (tertiary/aromatic N) is 1. The van der Waals surface area contributed by atoms with Crippen LogP contribution in [0.2, 0.25) is 5.02 Å². The molecule has 12 heteroatoms. The van der Waals surface area contributed by atoms with Crippen molar-refractivity contribution in [3.05, 3.63) is 64.2 Å². The normalized spacial score (nSPS) is 21.5. The van der Waals surface area contributed by atoms with E-state index < -0.39 is 56.6 Å². The number of likely N-dealkylation sites (tertiary alicyclic amines) is 1. The molecule has 0 spiro atoms. The molecule has 0 bridgehead atoms. The number of benzene rings is 2. The fourth-order valence-electron chi connectivity index (χ4n) is 4.20. The van der Waals surface area contributed by atoms with Gasteiger partial charge in [0.1, 0.15) is 23.8 Å². The molecule has 2 saturated heterocycles. The van der Waals surface area contributed by atoms with Gasteiger partial charge in [-0.05, 0) is 30.3 Å². The Morgan fingerprint density at radius 3 is 2.51 bits per heavy atom. The lowest BCUT2D eigenvalue weighted by Crippen LogP contribution is -2.50. The van der Waals surface area contributed by atoms with E-state index in [4.69, 9.17) is 16.3 Å². The third-order valence-electron chi connectivity index (χ3n) is 6.13. The fourth-order valence-corrected chi connectivity index (χ4v) is 5.02. The van der Waals surface area contributed by atoms with Gasteiger partial charge in [0, 0.05) is 29.7 Å². The topological polar surface area (TPSA) is 92.8 Å². The summed E-state index contributed by atoms with van der Waals surface area (Å²) in [7, 11) is -3.60. The lowest BCUT2D eigenvalue weighted by Gasteiger charge is -2.36. The van der Waals surface area contributed by atoms with Crippen LogP contribution in [0.25, 0.3) is 0 Å². The third-order valence-corrected chi connectivity index (χ3v) is 7.53.